The molecule has 0 saturated carbocycles. The number of anilines is 3. The molecule has 0 aliphatic heterocycles. The largest absolute Gasteiger partial charge is 0.455 e. The van der Waals surface area contributed by atoms with E-state index in [-0.39, 0.29) is 0 Å². The monoisotopic (exact) mass is 719 g/mol. The van der Waals surface area contributed by atoms with E-state index in [0.717, 1.165) is 50.1 Å². The van der Waals surface area contributed by atoms with E-state index in [4.69, 9.17) is 4.42 Å². The summed E-state index contributed by atoms with van der Waals surface area (Å²) in [6.45, 7) is 0. The van der Waals surface area contributed by atoms with Gasteiger partial charge in [-0.15, -0.1) is 11.3 Å². The molecule has 0 spiro atoms. The Morgan fingerprint density at radius 3 is 1.84 bits per heavy atom. The first kappa shape index (κ1) is 31.6. The van der Waals surface area contributed by atoms with Gasteiger partial charge in [0.05, 0.1) is 5.69 Å². The Labute approximate surface area is 322 Å². The second kappa shape index (κ2) is 12.9. The Balaban J connectivity index is 1.02. The Kier molecular flexibility index (Phi) is 7.39. The number of furan rings is 1. The minimum absolute atomic E-state index is 0.910. The molecule has 9 aromatic carbocycles. The zero-order valence-electron chi connectivity index (χ0n) is 29.8. The van der Waals surface area contributed by atoms with Crippen LogP contribution in [0.3, 0.4) is 0 Å². The van der Waals surface area contributed by atoms with E-state index in [9.17, 15) is 0 Å². The Morgan fingerprint density at radius 2 is 0.982 bits per heavy atom. The van der Waals surface area contributed by atoms with Crippen LogP contribution in [0.15, 0.2) is 205 Å². The quantitative estimate of drug-likeness (QED) is 0.170. The SMILES string of the molecule is c1cc(-c2ccc(N(c3ccc(-c4cccc5c4oc4ccccc45)cc3)c3cccc4sc5ccccc5c34)cc2)cc(-c2cccc3ccccc23)c1. The molecule has 0 aliphatic carbocycles. The van der Waals surface area contributed by atoms with Crippen molar-refractivity contribution in [3.05, 3.63) is 200 Å². The summed E-state index contributed by atoms with van der Waals surface area (Å²) >= 11 is 1.85. The molecule has 258 valence electrons. The summed E-state index contributed by atoms with van der Waals surface area (Å²) in [7, 11) is 0. The van der Waals surface area contributed by atoms with Crippen molar-refractivity contribution >= 4 is 81.3 Å². The molecule has 0 bridgehead atoms. The van der Waals surface area contributed by atoms with Gasteiger partial charge in [0.1, 0.15) is 11.2 Å². The van der Waals surface area contributed by atoms with Gasteiger partial charge in [0.25, 0.3) is 0 Å². The fraction of sp³-hybridized carbons (Fsp3) is 0. The fourth-order valence-electron chi connectivity index (χ4n) is 8.28. The summed E-state index contributed by atoms with van der Waals surface area (Å²) in [5, 5.41) is 7.34. The van der Waals surface area contributed by atoms with Gasteiger partial charge in [-0.05, 0) is 93.2 Å². The van der Waals surface area contributed by atoms with Crippen LogP contribution >= 0.6 is 11.3 Å². The molecule has 11 aromatic rings. The number of thiophene rings is 1. The average molecular weight is 720 g/mol. The van der Waals surface area contributed by atoms with Crippen LogP contribution in [0.4, 0.5) is 17.1 Å². The van der Waals surface area contributed by atoms with E-state index in [1.165, 1.54) is 53.2 Å². The van der Waals surface area contributed by atoms with E-state index in [0.29, 0.717) is 0 Å². The van der Waals surface area contributed by atoms with Crippen molar-refractivity contribution in [1.29, 1.82) is 0 Å². The Bertz CT molecular complexity index is 3200. The highest BCUT2D eigenvalue weighted by Gasteiger charge is 2.19. The molecule has 0 aliphatic rings. The summed E-state index contributed by atoms with van der Waals surface area (Å²) in [6, 6.07) is 72.2. The second-order valence-corrected chi connectivity index (χ2v) is 15.1. The standard InChI is InChI=1S/C52H33NOS/c1-2-15-41-35(11-1)12-8-18-42(41)38-14-7-13-37(33-38)34-25-29-39(30-26-34)53(47-21-10-24-50-51(47)46-17-4-6-23-49(46)55-50)40-31-27-36(28-32-40)43-19-9-20-45-44-16-3-5-22-48(44)54-52(43)45/h1-33H. The molecule has 11 rings (SSSR count). The molecule has 2 heterocycles. The Morgan fingerprint density at radius 1 is 0.382 bits per heavy atom. The molecule has 0 fully saturated rings. The number of para-hydroxylation sites is 2. The lowest BCUT2D eigenvalue weighted by molar-refractivity contribution is 0.670. The first-order valence-electron chi connectivity index (χ1n) is 18.7. The molecule has 3 heteroatoms. The Hall–Kier alpha value is -6.94. The van der Waals surface area contributed by atoms with E-state index in [2.05, 4.69) is 193 Å². The van der Waals surface area contributed by atoms with Crippen LogP contribution in [-0.2, 0) is 0 Å². The molecule has 0 amide bonds. The van der Waals surface area contributed by atoms with E-state index < -0.39 is 0 Å². The zero-order valence-corrected chi connectivity index (χ0v) is 30.6. The summed E-state index contributed by atoms with van der Waals surface area (Å²) in [5.74, 6) is 0. The summed E-state index contributed by atoms with van der Waals surface area (Å²) in [4.78, 5) is 2.41. The summed E-state index contributed by atoms with van der Waals surface area (Å²) < 4.78 is 8.99. The minimum atomic E-state index is 0.910. The predicted molar refractivity (Wildman–Crippen MR) is 235 cm³/mol. The lowest BCUT2D eigenvalue weighted by Crippen LogP contribution is -2.10. The van der Waals surface area contributed by atoms with Gasteiger partial charge in [0, 0.05) is 47.9 Å². The van der Waals surface area contributed by atoms with Gasteiger partial charge in [0.2, 0.25) is 0 Å². The first-order chi connectivity index (χ1) is 27.3. The molecule has 0 radical (unpaired) electrons. The van der Waals surface area contributed by atoms with E-state index in [1.807, 2.05) is 23.5 Å². The molecule has 2 aromatic heterocycles. The van der Waals surface area contributed by atoms with Crippen molar-refractivity contribution in [2.24, 2.45) is 0 Å². The minimum Gasteiger partial charge on any atom is -0.455 e. The molecular weight excluding hydrogens is 687 g/mol. The van der Waals surface area contributed by atoms with Gasteiger partial charge in [-0.2, -0.15) is 0 Å². The number of rotatable bonds is 6. The normalized spacial score (nSPS) is 11.6. The number of benzene rings is 9. The fourth-order valence-corrected chi connectivity index (χ4v) is 9.41. The van der Waals surface area contributed by atoms with Crippen LogP contribution in [0, 0.1) is 0 Å². The highest BCUT2D eigenvalue weighted by Crippen LogP contribution is 2.46. The summed E-state index contributed by atoms with van der Waals surface area (Å²) in [5.41, 5.74) is 12.2. The number of hydrogen-bond acceptors (Lipinski definition) is 3. The van der Waals surface area contributed by atoms with Crippen LogP contribution in [0.5, 0.6) is 0 Å². The third-order valence-electron chi connectivity index (χ3n) is 10.9. The van der Waals surface area contributed by atoms with Gasteiger partial charge in [-0.3, -0.25) is 0 Å². The van der Waals surface area contributed by atoms with Crippen molar-refractivity contribution < 1.29 is 4.42 Å². The van der Waals surface area contributed by atoms with Crippen molar-refractivity contribution in [3.63, 3.8) is 0 Å². The van der Waals surface area contributed by atoms with E-state index in [1.54, 1.807) is 0 Å². The molecule has 0 N–H and O–H groups in total. The van der Waals surface area contributed by atoms with Gasteiger partial charge in [-0.25, -0.2) is 0 Å². The number of fused-ring (bicyclic) bond motifs is 7. The smallest absolute Gasteiger partial charge is 0.143 e. The second-order valence-electron chi connectivity index (χ2n) is 14.1. The highest BCUT2D eigenvalue weighted by molar-refractivity contribution is 7.26. The molecule has 0 saturated heterocycles. The first-order valence-corrected chi connectivity index (χ1v) is 19.5. The van der Waals surface area contributed by atoms with Crippen LogP contribution in [0.1, 0.15) is 0 Å². The maximum atomic E-state index is 6.42. The third-order valence-corrected chi connectivity index (χ3v) is 12.0. The number of nitrogens with zero attached hydrogens (tertiary/aromatic N) is 1. The van der Waals surface area contributed by atoms with Crippen LogP contribution in [-0.4, -0.2) is 0 Å². The molecule has 2 nitrogen and oxygen atoms in total. The van der Waals surface area contributed by atoms with Crippen molar-refractivity contribution in [1.82, 2.24) is 0 Å². The van der Waals surface area contributed by atoms with Crippen molar-refractivity contribution in [2.45, 2.75) is 0 Å². The molecule has 0 unspecified atom stereocenters. The summed E-state index contributed by atoms with van der Waals surface area (Å²) in [6.07, 6.45) is 0. The molecule has 55 heavy (non-hydrogen) atoms. The zero-order chi connectivity index (χ0) is 36.3. The molecular formula is C52H33NOS. The molecule has 0 atom stereocenters. The van der Waals surface area contributed by atoms with Gasteiger partial charge >= 0.3 is 0 Å². The van der Waals surface area contributed by atoms with Gasteiger partial charge in [0.15, 0.2) is 0 Å². The van der Waals surface area contributed by atoms with Crippen LogP contribution in [0.2, 0.25) is 0 Å². The maximum absolute atomic E-state index is 6.42. The number of hydrogen-bond donors (Lipinski definition) is 0. The lowest BCUT2D eigenvalue weighted by Gasteiger charge is -2.27. The van der Waals surface area contributed by atoms with Crippen molar-refractivity contribution in [3.8, 4) is 33.4 Å². The van der Waals surface area contributed by atoms with Crippen molar-refractivity contribution in [2.75, 3.05) is 4.90 Å². The van der Waals surface area contributed by atoms with E-state index >= 15 is 0 Å². The predicted octanol–water partition coefficient (Wildman–Crippen LogP) is 15.6. The lowest BCUT2D eigenvalue weighted by atomic mass is 9.95. The highest BCUT2D eigenvalue weighted by atomic mass is 32.1. The maximum Gasteiger partial charge on any atom is 0.143 e. The topological polar surface area (TPSA) is 16.4 Å². The van der Waals surface area contributed by atoms with Gasteiger partial charge < -0.3 is 9.32 Å². The van der Waals surface area contributed by atoms with Gasteiger partial charge in [-0.1, -0.05) is 146 Å². The average Bonchev–Trinajstić information content (AvgIpc) is 3.83. The van der Waals surface area contributed by atoms with Crippen LogP contribution in [0.25, 0.3) is 86.3 Å². The third kappa shape index (κ3) is 5.32. The van der Waals surface area contributed by atoms with Crippen LogP contribution < -0.4 is 4.90 Å².